The molecule has 3 aromatic carbocycles. The summed E-state index contributed by atoms with van der Waals surface area (Å²) in [5.41, 5.74) is 0. The minimum absolute atomic E-state index is 1.01. The molecule has 0 aromatic heterocycles. The molecule has 0 N–H and O–H groups in total. The third-order valence-corrected chi connectivity index (χ3v) is 3.48. The highest BCUT2D eigenvalue weighted by Crippen LogP contribution is 2.26. The van der Waals surface area contributed by atoms with Crippen molar-refractivity contribution in [3.8, 4) is 0 Å². The van der Waals surface area contributed by atoms with Gasteiger partial charge < -0.3 is 0 Å². The van der Waals surface area contributed by atoms with E-state index in [-0.39, 0.29) is 0 Å². The number of benzene rings is 3. The summed E-state index contributed by atoms with van der Waals surface area (Å²) in [4.78, 5) is 1.01. The molecular formula is C14H11PS. The lowest BCUT2D eigenvalue weighted by atomic mass is 10.0. The van der Waals surface area contributed by atoms with Crippen LogP contribution in [0.4, 0.5) is 0 Å². The minimum Gasteiger partial charge on any atom is -0.143 e. The second-order valence-corrected chi connectivity index (χ2v) is 5.13. The molecule has 0 nitrogen and oxygen atoms in total. The van der Waals surface area contributed by atoms with Crippen molar-refractivity contribution in [3.63, 3.8) is 0 Å². The molecule has 1 atom stereocenters. The summed E-state index contributed by atoms with van der Waals surface area (Å²) < 4.78 is 0. The summed E-state index contributed by atoms with van der Waals surface area (Å²) in [6.07, 6.45) is 0. The van der Waals surface area contributed by atoms with Crippen LogP contribution in [0.15, 0.2) is 53.4 Å². The van der Waals surface area contributed by atoms with Crippen LogP contribution in [-0.2, 0) is 0 Å². The monoisotopic (exact) mass is 242 g/mol. The summed E-state index contributed by atoms with van der Waals surface area (Å²) >= 11 is 4.37. The fraction of sp³-hybridized carbons (Fsp3) is 0. The molecule has 0 aliphatic rings. The van der Waals surface area contributed by atoms with E-state index in [0.717, 1.165) is 4.90 Å². The van der Waals surface area contributed by atoms with Crippen LogP contribution in [0.2, 0.25) is 0 Å². The molecule has 0 heterocycles. The second kappa shape index (κ2) is 3.76. The van der Waals surface area contributed by atoms with Crippen LogP contribution in [0.25, 0.3) is 21.5 Å². The van der Waals surface area contributed by atoms with Crippen LogP contribution in [0, 0.1) is 0 Å². The average molecular weight is 242 g/mol. The number of rotatable bonds is 0. The highest BCUT2D eigenvalue weighted by atomic mass is 32.1. The van der Waals surface area contributed by atoms with Gasteiger partial charge >= 0.3 is 0 Å². The summed E-state index contributed by atoms with van der Waals surface area (Å²) in [5.74, 6) is 0. The molecule has 0 saturated heterocycles. The van der Waals surface area contributed by atoms with Gasteiger partial charge in [-0.2, -0.15) is 0 Å². The Bertz CT molecular complexity index is 628. The molecule has 0 fully saturated rings. The molecule has 78 valence electrons. The largest absolute Gasteiger partial charge is 0.143 e. The standard InChI is InChI=1S/C14H11PS/c15-11-3-5-13-9(7-11)1-2-10-8-12(16)4-6-14(10)13/h1-8,16H,15H2. The quantitative estimate of drug-likeness (QED) is 0.346. The fourth-order valence-corrected chi connectivity index (χ4v) is 2.57. The summed E-state index contributed by atoms with van der Waals surface area (Å²) in [7, 11) is 2.73. The van der Waals surface area contributed by atoms with Crippen LogP contribution in [0.1, 0.15) is 0 Å². The van der Waals surface area contributed by atoms with Crippen molar-refractivity contribution in [3.05, 3.63) is 48.5 Å². The molecule has 0 amide bonds. The van der Waals surface area contributed by atoms with Gasteiger partial charge in [-0.1, -0.05) is 30.3 Å². The molecule has 2 heteroatoms. The Labute approximate surface area is 102 Å². The Morgan fingerprint density at radius 1 is 0.750 bits per heavy atom. The van der Waals surface area contributed by atoms with Crippen molar-refractivity contribution >= 4 is 48.7 Å². The minimum atomic E-state index is 1.01. The third-order valence-electron chi connectivity index (χ3n) is 2.84. The van der Waals surface area contributed by atoms with Crippen LogP contribution in [-0.4, -0.2) is 0 Å². The topological polar surface area (TPSA) is 0 Å². The molecule has 0 saturated carbocycles. The SMILES string of the molecule is Pc1ccc2c(ccc3cc(S)ccc32)c1. The first kappa shape index (κ1) is 10.1. The van der Waals surface area contributed by atoms with Gasteiger partial charge in [-0.15, -0.1) is 21.9 Å². The zero-order chi connectivity index (χ0) is 11.1. The van der Waals surface area contributed by atoms with Crippen molar-refractivity contribution in [2.24, 2.45) is 0 Å². The maximum absolute atomic E-state index is 4.37. The van der Waals surface area contributed by atoms with Gasteiger partial charge in [0, 0.05) is 4.90 Å². The molecule has 0 radical (unpaired) electrons. The van der Waals surface area contributed by atoms with E-state index in [4.69, 9.17) is 0 Å². The normalized spacial score (nSPS) is 11.1. The number of hydrogen-bond donors (Lipinski definition) is 1. The molecule has 3 aromatic rings. The number of fused-ring (bicyclic) bond motifs is 3. The average Bonchev–Trinajstić information content (AvgIpc) is 2.28. The highest BCUT2D eigenvalue weighted by Gasteiger charge is 2.00. The Hall–Kier alpha value is -1.04. The van der Waals surface area contributed by atoms with E-state index in [0.29, 0.717) is 0 Å². The van der Waals surface area contributed by atoms with E-state index in [9.17, 15) is 0 Å². The molecule has 0 spiro atoms. The maximum Gasteiger partial charge on any atom is 0.00463 e. The summed E-state index contributed by atoms with van der Waals surface area (Å²) in [5, 5.41) is 6.35. The van der Waals surface area contributed by atoms with E-state index in [1.807, 2.05) is 6.07 Å². The van der Waals surface area contributed by atoms with Crippen LogP contribution in [0.3, 0.4) is 0 Å². The lowest BCUT2D eigenvalue weighted by molar-refractivity contribution is 1.53. The summed E-state index contributed by atoms with van der Waals surface area (Å²) in [6.45, 7) is 0. The molecule has 0 bridgehead atoms. The van der Waals surface area contributed by atoms with Crippen LogP contribution >= 0.6 is 21.9 Å². The summed E-state index contributed by atoms with van der Waals surface area (Å²) in [6, 6.07) is 17.1. The van der Waals surface area contributed by atoms with Gasteiger partial charge in [-0.3, -0.25) is 0 Å². The Morgan fingerprint density at radius 2 is 1.38 bits per heavy atom. The molecule has 0 aliphatic carbocycles. The first-order valence-corrected chi connectivity index (χ1v) is 6.17. The van der Waals surface area contributed by atoms with E-state index < -0.39 is 0 Å². The van der Waals surface area contributed by atoms with E-state index >= 15 is 0 Å². The van der Waals surface area contributed by atoms with Crippen LogP contribution < -0.4 is 5.30 Å². The predicted octanol–water partition coefficient (Wildman–Crippen LogP) is 3.78. The molecule has 3 rings (SSSR count). The molecule has 0 aliphatic heterocycles. The van der Waals surface area contributed by atoms with Gasteiger partial charge in [0.2, 0.25) is 0 Å². The lowest BCUT2D eigenvalue weighted by Gasteiger charge is -2.05. The van der Waals surface area contributed by atoms with Crippen molar-refractivity contribution in [2.45, 2.75) is 4.90 Å². The molecule has 1 unspecified atom stereocenters. The molecular weight excluding hydrogens is 231 g/mol. The Morgan fingerprint density at radius 3 is 2.12 bits per heavy atom. The van der Waals surface area contributed by atoms with Crippen molar-refractivity contribution in [1.29, 1.82) is 0 Å². The third kappa shape index (κ3) is 1.61. The Balaban J connectivity index is 2.50. The Kier molecular flexibility index (Phi) is 2.38. The van der Waals surface area contributed by atoms with Gasteiger partial charge in [0.25, 0.3) is 0 Å². The number of hydrogen-bond acceptors (Lipinski definition) is 1. The van der Waals surface area contributed by atoms with Crippen molar-refractivity contribution in [2.75, 3.05) is 0 Å². The number of thiol groups is 1. The van der Waals surface area contributed by atoms with Gasteiger partial charge in [0.05, 0.1) is 0 Å². The van der Waals surface area contributed by atoms with Gasteiger partial charge in [-0.25, -0.2) is 0 Å². The first-order chi connectivity index (χ1) is 7.74. The fourth-order valence-electron chi connectivity index (χ4n) is 2.08. The molecule has 16 heavy (non-hydrogen) atoms. The smallest absolute Gasteiger partial charge is 0.00463 e. The zero-order valence-corrected chi connectivity index (χ0v) is 10.7. The van der Waals surface area contributed by atoms with Crippen molar-refractivity contribution in [1.82, 2.24) is 0 Å². The lowest BCUT2D eigenvalue weighted by Crippen LogP contribution is -1.88. The van der Waals surface area contributed by atoms with Gasteiger partial charge in [0.1, 0.15) is 0 Å². The second-order valence-electron chi connectivity index (χ2n) is 3.95. The maximum atomic E-state index is 4.37. The van der Waals surface area contributed by atoms with Gasteiger partial charge in [0.15, 0.2) is 0 Å². The predicted molar refractivity (Wildman–Crippen MR) is 78.1 cm³/mol. The van der Waals surface area contributed by atoms with E-state index in [1.165, 1.54) is 26.8 Å². The first-order valence-electron chi connectivity index (χ1n) is 5.15. The van der Waals surface area contributed by atoms with E-state index in [1.54, 1.807) is 0 Å². The zero-order valence-electron chi connectivity index (χ0n) is 8.64. The highest BCUT2D eigenvalue weighted by molar-refractivity contribution is 7.80. The van der Waals surface area contributed by atoms with Crippen molar-refractivity contribution < 1.29 is 0 Å². The van der Waals surface area contributed by atoms with Gasteiger partial charge in [-0.05, 0) is 45.0 Å². The van der Waals surface area contributed by atoms with E-state index in [2.05, 4.69) is 64.3 Å². The van der Waals surface area contributed by atoms with Crippen LogP contribution in [0.5, 0.6) is 0 Å².